The number of sulfonamides is 1. The second kappa shape index (κ2) is 5.21. The van der Waals surface area contributed by atoms with Gasteiger partial charge in [-0.2, -0.15) is 4.31 Å². The summed E-state index contributed by atoms with van der Waals surface area (Å²) in [7, 11) is -3.56. The van der Waals surface area contributed by atoms with Crippen LogP contribution in [0.25, 0.3) is 0 Å². The molecule has 1 aromatic rings. The van der Waals surface area contributed by atoms with Crippen molar-refractivity contribution in [1.29, 1.82) is 0 Å². The molecule has 0 aromatic carbocycles. The Labute approximate surface area is 107 Å². The van der Waals surface area contributed by atoms with E-state index in [4.69, 9.17) is 5.84 Å². The van der Waals surface area contributed by atoms with E-state index in [2.05, 4.69) is 17.3 Å². The fraction of sp³-hybridized carbons (Fsp3) is 0.545. The van der Waals surface area contributed by atoms with Gasteiger partial charge in [0.1, 0.15) is 0 Å². The van der Waals surface area contributed by atoms with Crippen molar-refractivity contribution in [2.24, 2.45) is 11.8 Å². The predicted octanol–water partition coefficient (Wildman–Crippen LogP) is 0.788. The van der Waals surface area contributed by atoms with Crippen molar-refractivity contribution in [1.82, 2.24) is 9.29 Å². The Balaban J connectivity index is 2.35. The summed E-state index contributed by atoms with van der Waals surface area (Å²) < 4.78 is 26.5. The highest BCUT2D eigenvalue weighted by molar-refractivity contribution is 7.89. The Kier molecular flexibility index (Phi) is 3.84. The average molecular weight is 270 g/mol. The summed E-state index contributed by atoms with van der Waals surface area (Å²) in [6.07, 6.45) is 3.41. The quantitative estimate of drug-likeness (QED) is 0.626. The number of hydrazine groups is 1. The van der Waals surface area contributed by atoms with Crippen LogP contribution in [0.1, 0.15) is 19.8 Å². The monoisotopic (exact) mass is 270 g/mol. The molecule has 6 nitrogen and oxygen atoms in total. The number of piperidine rings is 1. The number of rotatable bonds is 3. The number of aromatic nitrogens is 1. The van der Waals surface area contributed by atoms with Crippen LogP contribution in [0.4, 0.5) is 5.69 Å². The van der Waals surface area contributed by atoms with E-state index in [1.807, 2.05) is 0 Å². The smallest absolute Gasteiger partial charge is 0.262 e. The molecule has 1 aliphatic heterocycles. The molecule has 0 aliphatic carbocycles. The van der Waals surface area contributed by atoms with E-state index in [1.54, 1.807) is 12.1 Å². The largest absolute Gasteiger partial charge is 0.321 e. The standard InChI is InChI=1S/C11H18N4O2S/c1-9-4-3-7-15(8-9)18(16,17)11-10(14-12)5-2-6-13-11/h2,5-6,9,14H,3-4,7-8,12H2,1H3. The van der Waals surface area contributed by atoms with Gasteiger partial charge in [-0.05, 0) is 30.9 Å². The van der Waals surface area contributed by atoms with Gasteiger partial charge in [0.25, 0.3) is 10.0 Å². The molecule has 7 heteroatoms. The second-order valence-electron chi connectivity index (χ2n) is 4.61. The van der Waals surface area contributed by atoms with Crippen molar-refractivity contribution >= 4 is 15.7 Å². The molecule has 2 heterocycles. The molecule has 18 heavy (non-hydrogen) atoms. The first-order chi connectivity index (χ1) is 8.55. The van der Waals surface area contributed by atoms with E-state index in [9.17, 15) is 8.42 Å². The first-order valence-electron chi connectivity index (χ1n) is 5.97. The summed E-state index contributed by atoms with van der Waals surface area (Å²) in [5.74, 6) is 5.71. The maximum Gasteiger partial charge on any atom is 0.262 e. The number of nitrogens with one attached hydrogen (secondary N) is 1. The second-order valence-corrected chi connectivity index (χ2v) is 6.46. The fourth-order valence-electron chi connectivity index (χ4n) is 2.19. The van der Waals surface area contributed by atoms with Crippen LogP contribution >= 0.6 is 0 Å². The van der Waals surface area contributed by atoms with Gasteiger partial charge in [0.2, 0.25) is 0 Å². The Bertz CT molecular complexity index is 518. The number of nitrogen functional groups attached to an aromatic ring is 1. The molecule has 0 bridgehead atoms. The minimum absolute atomic E-state index is 0.00148. The van der Waals surface area contributed by atoms with Gasteiger partial charge in [-0.15, -0.1) is 0 Å². The molecule has 0 amide bonds. The summed E-state index contributed by atoms with van der Waals surface area (Å²) in [5.41, 5.74) is 2.71. The van der Waals surface area contributed by atoms with Crippen LogP contribution in [-0.4, -0.2) is 30.8 Å². The number of pyridine rings is 1. The molecule has 2 rings (SSSR count). The normalized spacial score (nSPS) is 21.8. The van der Waals surface area contributed by atoms with E-state index >= 15 is 0 Å². The van der Waals surface area contributed by atoms with Crippen LogP contribution in [0.15, 0.2) is 23.4 Å². The molecule has 0 spiro atoms. The first-order valence-corrected chi connectivity index (χ1v) is 7.41. The third-order valence-electron chi connectivity index (χ3n) is 3.13. The molecule has 1 saturated heterocycles. The topological polar surface area (TPSA) is 88.3 Å². The highest BCUT2D eigenvalue weighted by Gasteiger charge is 2.31. The predicted molar refractivity (Wildman–Crippen MR) is 69.2 cm³/mol. The molecule has 100 valence electrons. The molecule has 1 fully saturated rings. The maximum absolute atomic E-state index is 12.5. The van der Waals surface area contributed by atoms with Crippen molar-refractivity contribution in [3.8, 4) is 0 Å². The highest BCUT2D eigenvalue weighted by atomic mass is 32.2. The summed E-state index contributed by atoms with van der Waals surface area (Å²) in [4.78, 5) is 3.95. The Morgan fingerprint density at radius 2 is 2.33 bits per heavy atom. The van der Waals surface area contributed by atoms with E-state index in [0.29, 0.717) is 24.7 Å². The van der Waals surface area contributed by atoms with Crippen molar-refractivity contribution in [3.05, 3.63) is 18.3 Å². The van der Waals surface area contributed by atoms with Crippen molar-refractivity contribution in [2.45, 2.75) is 24.8 Å². The average Bonchev–Trinajstić information content (AvgIpc) is 2.38. The minimum atomic E-state index is -3.56. The van der Waals surface area contributed by atoms with Crippen LogP contribution in [0.3, 0.4) is 0 Å². The van der Waals surface area contributed by atoms with Gasteiger partial charge in [-0.3, -0.25) is 5.84 Å². The van der Waals surface area contributed by atoms with Gasteiger partial charge < -0.3 is 5.43 Å². The van der Waals surface area contributed by atoms with Gasteiger partial charge in [0.05, 0.1) is 5.69 Å². The highest BCUT2D eigenvalue weighted by Crippen LogP contribution is 2.25. The molecule has 0 saturated carbocycles. The number of hydrogen-bond donors (Lipinski definition) is 2. The third-order valence-corrected chi connectivity index (χ3v) is 4.96. The van der Waals surface area contributed by atoms with E-state index in [-0.39, 0.29) is 5.03 Å². The SMILES string of the molecule is CC1CCCN(S(=O)(=O)c2ncccc2NN)C1. The zero-order chi connectivity index (χ0) is 13.2. The maximum atomic E-state index is 12.5. The lowest BCUT2D eigenvalue weighted by molar-refractivity contribution is 0.280. The van der Waals surface area contributed by atoms with Crippen LogP contribution in [0.2, 0.25) is 0 Å². The van der Waals surface area contributed by atoms with Crippen LogP contribution in [-0.2, 0) is 10.0 Å². The van der Waals surface area contributed by atoms with Gasteiger partial charge in [-0.25, -0.2) is 13.4 Å². The summed E-state index contributed by atoms with van der Waals surface area (Å²) in [5, 5.41) is 0.00148. The van der Waals surface area contributed by atoms with Gasteiger partial charge in [-0.1, -0.05) is 6.92 Å². The van der Waals surface area contributed by atoms with Crippen molar-refractivity contribution in [3.63, 3.8) is 0 Å². The van der Waals surface area contributed by atoms with E-state index in [0.717, 1.165) is 12.8 Å². The lowest BCUT2D eigenvalue weighted by Gasteiger charge is -2.30. The first kappa shape index (κ1) is 13.3. The number of nitrogens with two attached hydrogens (primary N) is 1. The molecule has 3 N–H and O–H groups in total. The number of hydrogen-bond acceptors (Lipinski definition) is 5. The van der Waals surface area contributed by atoms with Crippen LogP contribution < -0.4 is 11.3 Å². The molecule has 1 aromatic heterocycles. The molecule has 0 radical (unpaired) electrons. The fourth-order valence-corrected chi connectivity index (χ4v) is 3.86. The lowest BCUT2D eigenvalue weighted by atomic mass is 10.0. The molecule has 1 aliphatic rings. The summed E-state index contributed by atoms with van der Waals surface area (Å²) in [6.45, 7) is 3.15. The van der Waals surface area contributed by atoms with Gasteiger partial charge in [0.15, 0.2) is 5.03 Å². The number of anilines is 1. The Morgan fingerprint density at radius 3 is 3.00 bits per heavy atom. The number of nitrogens with zero attached hydrogens (tertiary/aromatic N) is 2. The minimum Gasteiger partial charge on any atom is -0.321 e. The van der Waals surface area contributed by atoms with Gasteiger partial charge in [0, 0.05) is 19.3 Å². The van der Waals surface area contributed by atoms with E-state index < -0.39 is 10.0 Å². The van der Waals surface area contributed by atoms with Crippen LogP contribution in [0.5, 0.6) is 0 Å². The summed E-state index contributed by atoms with van der Waals surface area (Å²) >= 11 is 0. The molecule has 1 atom stereocenters. The molecular formula is C11H18N4O2S. The molecular weight excluding hydrogens is 252 g/mol. The zero-order valence-corrected chi connectivity index (χ0v) is 11.2. The van der Waals surface area contributed by atoms with Crippen molar-refractivity contribution < 1.29 is 8.42 Å². The van der Waals surface area contributed by atoms with Gasteiger partial charge >= 0.3 is 0 Å². The Morgan fingerprint density at radius 1 is 1.56 bits per heavy atom. The van der Waals surface area contributed by atoms with Crippen molar-refractivity contribution in [2.75, 3.05) is 18.5 Å². The Hall–Kier alpha value is -1.18. The van der Waals surface area contributed by atoms with Crippen LogP contribution in [0, 0.1) is 5.92 Å². The summed E-state index contributed by atoms with van der Waals surface area (Å²) in [6, 6.07) is 3.25. The lowest BCUT2D eigenvalue weighted by Crippen LogP contribution is -2.39. The van der Waals surface area contributed by atoms with E-state index in [1.165, 1.54) is 10.5 Å². The third kappa shape index (κ3) is 2.47. The zero-order valence-electron chi connectivity index (χ0n) is 10.3. The molecule has 1 unspecified atom stereocenters.